The summed E-state index contributed by atoms with van der Waals surface area (Å²) in [5.41, 5.74) is 0.539. The number of aromatic nitrogens is 3. The lowest BCUT2D eigenvalue weighted by Crippen LogP contribution is -2.52. The minimum absolute atomic E-state index is 0.0384. The topological polar surface area (TPSA) is 72.2 Å². The van der Waals surface area contributed by atoms with Crippen LogP contribution in [0.2, 0.25) is 0 Å². The van der Waals surface area contributed by atoms with Crippen LogP contribution in [0.3, 0.4) is 0 Å². The van der Waals surface area contributed by atoms with Crippen LogP contribution in [0.5, 0.6) is 0 Å². The van der Waals surface area contributed by atoms with Gasteiger partial charge in [-0.3, -0.25) is 14.5 Å². The summed E-state index contributed by atoms with van der Waals surface area (Å²) in [5.74, 6) is -4.86. The van der Waals surface area contributed by atoms with Gasteiger partial charge in [-0.05, 0) is 36.6 Å². The van der Waals surface area contributed by atoms with Gasteiger partial charge in [0.25, 0.3) is 5.92 Å². The van der Waals surface area contributed by atoms with Crippen LogP contribution in [-0.4, -0.2) is 50.0 Å². The van der Waals surface area contributed by atoms with Gasteiger partial charge in [-0.25, -0.2) is 22.5 Å². The number of fused-ring (bicyclic) bond motifs is 1. The van der Waals surface area contributed by atoms with Crippen molar-refractivity contribution in [3.8, 4) is 0 Å². The minimum atomic E-state index is -2.97. The maximum absolute atomic E-state index is 14.8. The number of amides is 1. The number of likely N-dealkylation sites (tertiary alicyclic amines) is 1. The molecule has 2 aliphatic heterocycles. The highest BCUT2D eigenvalue weighted by molar-refractivity contribution is 5.93. The zero-order valence-corrected chi connectivity index (χ0v) is 20.4. The molecule has 3 atom stereocenters. The molecule has 11 heteroatoms. The summed E-state index contributed by atoms with van der Waals surface area (Å²) in [5, 5.41) is 2.76. The monoisotopic (exact) mass is 517 g/mol. The van der Waals surface area contributed by atoms with E-state index in [-0.39, 0.29) is 24.7 Å². The lowest BCUT2D eigenvalue weighted by Gasteiger charge is -2.40. The fourth-order valence-electron chi connectivity index (χ4n) is 5.29. The molecule has 1 N–H and O–H groups in total. The molecule has 0 bridgehead atoms. The van der Waals surface area contributed by atoms with E-state index in [1.807, 2.05) is 0 Å². The third-order valence-electron chi connectivity index (χ3n) is 7.40. The van der Waals surface area contributed by atoms with Crippen molar-refractivity contribution < 1.29 is 22.4 Å². The standard InChI is InChI=1S/C26H27F4N5O2/c1-15(34-8-7-26(29,30)20(13-34)16-3-6-24(36)33(2)12-16)25(37)32-22-14-35-21(4-5-23(35)31-22)17-9-18(27)11-19(28)10-17/h3,6,9-12,14-15,20-21H,4-5,7-8,13H2,1-2H3,(H,32,37)/t15-,20+,21+/m0/s1. The number of nitrogens with one attached hydrogen (secondary N) is 1. The van der Waals surface area contributed by atoms with E-state index >= 15 is 0 Å². The van der Waals surface area contributed by atoms with Crippen LogP contribution in [0.15, 0.2) is 47.5 Å². The fraction of sp³-hybridized carbons (Fsp3) is 0.423. The van der Waals surface area contributed by atoms with Gasteiger partial charge in [-0.1, -0.05) is 6.07 Å². The number of imidazole rings is 1. The number of halogens is 4. The van der Waals surface area contributed by atoms with Crippen molar-refractivity contribution in [2.75, 3.05) is 18.4 Å². The van der Waals surface area contributed by atoms with E-state index in [1.54, 1.807) is 22.6 Å². The van der Waals surface area contributed by atoms with Crippen molar-refractivity contribution in [3.05, 3.63) is 81.7 Å². The Morgan fingerprint density at radius 3 is 2.57 bits per heavy atom. The van der Waals surface area contributed by atoms with Crippen molar-refractivity contribution in [1.29, 1.82) is 0 Å². The molecule has 1 saturated heterocycles. The molecule has 196 valence electrons. The number of pyridine rings is 1. The number of carbonyl (C=O) groups is 1. The molecule has 1 aromatic carbocycles. The van der Waals surface area contributed by atoms with E-state index in [2.05, 4.69) is 10.3 Å². The normalized spacial score (nSPS) is 22.0. The average Bonchev–Trinajstić information content (AvgIpc) is 3.40. The Balaban J connectivity index is 1.29. The number of aryl methyl sites for hydroxylation is 2. The summed E-state index contributed by atoms with van der Waals surface area (Å²) in [4.78, 5) is 30.9. The molecule has 1 amide bonds. The van der Waals surface area contributed by atoms with E-state index in [9.17, 15) is 27.2 Å². The molecule has 0 aliphatic carbocycles. The number of hydrogen-bond acceptors (Lipinski definition) is 4. The van der Waals surface area contributed by atoms with Gasteiger partial charge in [0.1, 0.15) is 17.5 Å². The van der Waals surface area contributed by atoms with Gasteiger partial charge in [-0.15, -0.1) is 0 Å². The second kappa shape index (κ2) is 9.44. The Morgan fingerprint density at radius 2 is 1.86 bits per heavy atom. The Hall–Kier alpha value is -3.47. The SMILES string of the molecule is C[C@@H](C(=O)Nc1cn2c(n1)CC[C@@H]2c1cc(F)cc(F)c1)N1CCC(F)(F)[C@@H](c2ccc(=O)n(C)c2)C1. The molecule has 1 fully saturated rings. The Bertz CT molecular complexity index is 1380. The van der Waals surface area contributed by atoms with E-state index < -0.39 is 41.8 Å². The molecule has 0 saturated carbocycles. The van der Waals surface area contributed by atoms with Crippen molar-refractivity contribution in [3.63, 3.8) is 0 Å². The highest BCUT2D eigenvalue weighted by Gasteiger charge is 2.46. The number of rotatable bonds is 5. The van der Waals surface area contributed by atoms with E-state index in [0.717, 1.165) is 6.07 Å². The van der Waals surface area contributed by atoms with Crippen molar-refractivity contribution in [2.45, 2.75) is 50.1 Å². The predicted molar refractivity (Wildman–Crippen MR) is 129 cm³/mol. The first-order valence-electron chi connectivity index (χ1n) is 12.1. The maximum Gasteiger partial charge on any atom is 0.257 e. The third kappa shape index (κ3) is 4.92. The number of nitrogens with zero attached hydrogens (tertiary/aromatic N) is 4. The first-order chi connectivity index (χ1) is 17.5. The van der Waals surface area contributed by atoms with Crippen LogP contribution in [0.25, 0.3) is 0 Å². The summed E-state index contributed by atoms with van der Waals surface area (Å²) >= 11 is 0. The average molecular weight is 518 g/mol. The van der Waals surface area contributed by atoms with Gasteiger partial charge in [0, 0.05) is 57.5 Å². The minimum Gasteiger partial charge on any atom is -0.325 e. The highest BCUT2D eigenvalue weighted by atomic mass is 19.3. The lowest BCUT2D eigenvalue weighted by molar-refractivity contribution is -0.125. The summed E-state index contributed by atoms with van der Waals surface area (Å²) in [6, 6.07) is 5.07. The molecule has 7 nitrogen and oxygen atoms in total. The second-order valence-electron chi connectivity index (χ2n) is 9.84. The van der Waals surface area contributed by atoms with Crippen LogP contribution >= 0.6 is 0 Å². The summed E-state index contributed by atoms with van der Waals surface area (Å²) in [6.07, 6.45) is 3.85. The smallest absolute Gasteiger partial charge is 0.257 e. The maximum atomic E-state index is 14.8. The number of piperidine rings is 1. The fourth-order valence-corrected chi connectivity index (χ4v) is 5.29. The highest BCUT2D eigenvalue weighted by Crippen LogP contribution is 2.40. The number of benzene rings is 1. The Kier molecular flexibility index (Phi) is 6.43. The van der Waals surface area contributed by atoms with Crippen LogP contribution in [-0.2, 0) is 18.3 Å². The van der Waals surface area contributed by atoms with Crippen LogP contribution < -0.4 is 10.9 Å². The quantitative estimate of drug-likeness (QED) is 0.522. The van der Waals surface area contributed by atoms with Crippen molar-refractivity contribution in [2.24, 2.45) is 7.05 Å². The van der Waals surface area contributed by atoms with Gasteiger partial charge in [0.05, 0.1) is 18.0 Å². The molecule has 2 aliphatic rings. The Morgan fingerprint density at radius 1 is 1.14 bits per heavy atom. The first kappa shape index (κ1) is 25.2. The summed E-state index contributed by atoms with van der Waals surface area (Å²) in [6.45, 7) is 1.64. The lowest BCUT2D eigenvalue weighted by atomic mass is 9.87. The first-order valence-corrected chi connectivity index (χ1v) is 12.1. The molecular weight excluding hydrogens is 490 g/mol. The molecule has 2 aromatic heterocycles. The number of anilines is 1. The second-order valence-corrected chi connectivity index (χ2v) is 9.84. The van der Waals surface area contributed by atoms with Gasteiger partial charge in [0.15, 0.2) is 5.82 Å². The van der Waals surface area contributed by atoms with Crippen molar-refractivity contribution in [1.82, 2.24) is 19.0 Å². The van der Waals surface area contributed by atoms with E-state index in [1.165, 1.54) is 42.1 Å². The molecule has 37 heavy (non-hydrogen) atoms. The van der Waals surface area contributed by atoms with Gasteiger partial charge >= 0.3 is 0 Å². The van der Waals surface area contributed by atoms with Gasteiger partial charge in [0.2, 0.25) is 11.5 Å². The van der Waals surface area contributed by atoms with E-state index in [0.29, 0.717) is 35.6 Å². The molecular formula is C26H27F4N5O2. The van der Waals surface area contributed by atoms with Crippen LogP contribution in [0.1, 0.15) is 48.7 Å². The zero-order valence-electron chi connectivity index (χ0n) is 20.4. The Labute approximate surface area is 210 Å². The number of hydrogen-bond donors (Lipinski definition) is 1. The van der Waals surface area contributed by atoms with Crippen LogP contribution in [0, 0.1) is 11.6 Å². The van der Waals surface area contributed by atoms with Crippen molar-refractivity contribution >= 4 is 11.7 Å². The van der Waals surface area contributed by atoms with Gasteiger partial charge in [-0.2, -0.15) is 0 Å². The molecule has 0 spiro atoms. The molecule has 0 radical (unpaired) electrons. The molecule has 3 aromatic rings. The largest absolute Gasteiger partial charge is 0.325 e. The molecule has 5 rings (SSSR count). The number of alkyl halides is 2. The molecule has 0 unspecified atom stereocenters. The number of carbonyl (C=O) groups excluding carboxylic acids is 1. The third-order valence-corrected chi connectivity index (χ3v) is 7.40. The zero-order chi connectivity index (χ0) is 26.5. The predicted octanol–water partition coefficient (Wildman–Crippen LogP) is 3.85. The summed E-state index contributed by atoms with van der Waals surface area (Å²) < 4.78 is 60.2. The molecule has 4 heterocycles. The van der Waals surface area contributed by atoms with E-state index in [4.69, 9.17) is 0 Å². The van der Waals surface area contributed by atoms with Gasteiger partial charge < -0.3 is 14.5 Å². The van der Waals surface area contributed by atoms with Crippen LogP contribution in [0.4, 0.5) is 23.4 Å². The summed E-state index contributed by atoms with van der Waals surface area (Å²) in [7, 11) is 1.51.